The zero-order chi connectivity index (χ0) is 21.3. The minimum atomic E-state index is -0.517. The lowest BCUT2D eigenvalue weighted by Gasteiger charge is -2.19. The lowest BCUT2D eigenvalue weighted by Crippen LogP contribution is -2.33. The fraction of sp³-hybridized carbons (Fsp3) is 0.478. The van der Waals surface area contributed by atoms with Crippen molar-refractivity contribution in [1.82, 2.24) is 4.90 Å². The van der Waals surface area contributed by atoms with Gasteiger partial charge in [-0.05, 0) is 30.9 Å². The van der Waals surface area contributed by atoms with E-state index in [1.54, 1.807) is 0 Å². The number of imide groups is 1. The molecule has 30 heavy (non-hydrogen) atoms. The van der Waals surface area contributed by atoms with E-state index in [2.05, 4.69) is 0 Å². The van der Waals surface area contributed by atoms with Crippen molar-refractivity contribution in [2.75, 3.05) is 6.54 Å². The van der Waals surface area contributed by atoms with E-state index in [0.29, 0.717) is 16.5 Å². The van der Waals surface area contributed by atoms with Gasteiger partial charge in [0, 0.05) is 23.6 Å². The molecule has 1 aliphatic heterocycles. The third-order valence-electron chi connectivity index (χ3n) is 6.16. The fourth-order valence-electron chi connectivity index (χ4n) is 4.50. The summed E-state index contributed by atoms with van der Waals surface area (Å²) in [5, 5.41) is 0.716. The molecule has 1 aliphatic carbocycles. The van der Waals surface area contributed by atoms with Crippen molar-refractivity contribution in [1.29, 1.82) is 0 Å². The van der Waals surface area contributed by atoms with Gasteiger partial charge in [0.25, 0.3) is 0 Å². The Balaban J connectivity index is 1.38. The monoisotopic (exact) mass is 411 g/mol. The molecule has 158 valence electrons. The van der Waals surface area contributed by atoms with E-state index in [0.717, 1.165) is 37.7 Å². The zero-order valence-corrected chi connectivity index (χ0v) is 17.0. The summed E-state index contributed by atoms with van der Waals surface area (Å²) in [5.74, 6) is -1.26. The van der Waals surface area contributed by atoms with Gasteiger partial charge in [-0.15, -0.1) is 0 Å². The molecule has 0 radical (unpaired) electrons. The number of esters is 1. The van der Waals surface area contributed by atoms with Gasteiger partial charge >= 0.3 is 11.6 Å². The molecule has 7 nitrogen and oxygen atoms in total. The van der Waals surface area contributed by atoms with E-state index in [-0.39, 0.29) is 43.2 Å². The summed E-state index contributed by atoms with van der Waals surface area (Å²) in [5.41, 5.74) is 1.57. The maximum atomic E-state index is 12.5. The Kier molecular flexibility index (Phi) is 5.70. The van der Waals surface area contributed by atoms with Gasteiger partial charge in [-0.25, -0.2) is 4.79 Å². The van der Waals surface area contributed by atoms with Crippen LogP contribution in [0.4, 0.5) is 0 Å². The number of nitrogens with zero attached hydrogens (tertiary/aromatic N) is 1. The van der Waals surface area contributed by atoms with Gasteiger partial charge in [0.1, 0.15) is 12.2 Å². The van der Waals surface area contributed by atoms with E-state index in [1.165, 1.54) is 11.0 Å². The normalized spacial score (nSPS) is 21.2. The predicted molar refractivity (Wildman–Crippen MR) is 108 cm³/mol. The minimum Gasteiger partial charge on any atom is -0.461 e. The SMILES string of the molecule is CCc1ccc2c(COC(=O)CCN3C(=O)[C@H]4CCCC[C@H]4C3=O)cc(=O)oc2c1. The van der Waals surface area contributed by atoms with E-state index in [1.807, 2.05) is 25.1 Å². The zero-order valence-electron chi connectivity index (χ0n) is 17.0. The van der Waals surface area contributed by atoms with Gasteiger partial charge in [-0.3, -0.25) is 19.3 Å². The highest BCUT2D eigenvalue weighted by Crippen LogP contribution is 2.38. The van der Waals surface area contributed by atoms with Crippen LogP contribution in [-0.2, 0) is 32.1 Å². The van der Waals surface area contributed by atoms with Crippen LogP contribution in [0.5, 0.6) is 0 Å². The van der Waals surface area contributed by atoms with E-state index in [4.69, 9.17) is 9.15 Å². The summed E-state index contributed by atoms with van der Waals surface area (Å²) in [4.78, 5) is 50.3. The lowest BCUT2D eigenvalue weighted by atomic mass is 9.81. The van der Waals surface area contributed by atoms with Crippen molar-refractivity contribution < 1.29 is 23.5 Å². The Hall–Kier alpha value is -2.96. The highest BCUT2D eigenvalue weighted by Gasteiger charge is 2.47. The first-order valence-corrected chi connectivity index (χ1v) is 10.5. The lowest BCUT2D eigenvalue weighted by molar-refractivity contribution is -0.146. The molecule has 7 heteroatoms. The smallest absolute Gasteiger partial charge is 0.336 e. The molecule has 1 aromatic heterocycles. The largest absolute Gasteiger partial charge is 0.461 e. The summed E-state index contributed by atoms with van der Waals surface area (Å²) in [6.07, 6.45) is 4.19. The average molecular weight is 411 g/mol. The molecule has 0 N–H and O–H groups in total. The maximum absolute atomic E-state index is 12.5. The van der Waals surface area contributed by atoms with Crippen LogP contribution in [0, 0.1) is 11.8 Å². The summed E-state index contributed by atoms with van der Waals surface area (Å²) in [6, 6.07) is 6.92. The molecule has 2 atom stereocenters. The number of ether oxygens (including phenoxy) is 1. The summed E-state index contributed by atoms with van der Waals surface area (Å²) in [7, 11) is 0. The maximum Gasteiger partial charge on any atom is 0.336 e. The van der Waals surface area contributed by atoms with Crippen LogP contribution in [0.25, 0.3) is 11.0 Å². The fourth-order valence-corrected chi connectivity index (χ4v) is 4.50. The Morgan fingerprint density at radius 2 is 1.80 bits per heavy atom. The van der Waals surface area contributed by atoms with E-state index < -0.39 is 11.6 Å². The minimum absolute atomic E-state index is 0.0427. The molecular weight excluding hydrogens is 386 g/mol. The van der Waals surface area contributed by atoms with Gasteiger partial charge < -0.3 is 9.15 Å². The summed E-state index contributed by atoms with van der Waals surface area (Å²) < 4.78 is 10.6. The molecule has 1 saturated heterocycles. The van der Waals surface area contributed by atoms with Crippen molar-refractivity contribution in [2.24, 2.45) is 11.8 Å². The Morgan fingerprint density at radius 1 is 1.10 bits per heavy atom. The van der Waals surface area contributed by atoms with Gasteiger partial charge in [0.2, 0.25) is 11.8 Å². The van der Waals surface area contributed by atoms with Gasteiger partial charge in [-0.1, -0.05) is 31.9 Å². The molecule has 2 fully saturated rings. The van der Waals surface area contributed by atoms with Crippen LogP contribution < -0.4 is 5.63 Å². The number of hydrogen-bond acceptors (Lipinski definition) is 6. The van der Waals surface area contributed by atoms with Crippen LogP contribution >= 0.6 is 0 Å². The first-order valence-electron chi connectivity index (χ1n) is 10.5. The Bertz CT molecular complexity index is 1030. The molecule has 2 heterocycles. The molecule has 2 aromatic rings. The molecule has 1 aromatic carbocycles. The third kappa shape index (κ3) is 3.88. The van der Waals surface area contributed by atoms with Crippen LogP contribution in [0.1, 0.15) is 50.2 Å². The number of amides is 2. The van der Waals surface area contributed by atoms with E-state index in [9.17, 15) is 19.2 Å². The number of hydrogen-bond donors (Lipinski definition) is 0. The van der Waals surface area contributed by atoms with Crippen molar-refractivity contribution >= 4 is 28.8 Å². The Labute approximate surface area is 174 Å². The van der Waals surface area contributed by atoms with Crippen molar-refractivity contribution in [3.63, 3.8) is 0 Å². The van der Waals surface area contributed by atoms with Crippen LogP contribution in [0.15, 0.2) is 33.5 Å². The number of likely N-dealkylation sites (tertiary alicyclic amines) is 1. The van der Waals surface area contributed by atoms with Gasteiger partial charge in [-0.2, -0.15) is 0 Å². The van der Waals surface area contributed by atoms with Crippen LogP contribution in [0.3, 0.4) is 0 Å². The average Bonchev–Trinajstić information content (AvgIpc) is 3.00. The third-order valence-corrected chi connectivity index (χ3v) is 6.16. The second-order valence-corrected chi connectivity index (χ2v) is 8.01. The molecule has 0 bridgehead atoms. The number of rotatable bonds is 6. The molecule has 4 rings (SSSR count). The standard InChI is InChI=1S/C23H25NO6/c1-2-14-7-8-16-15(12-21(26)30-19(16)11-14)13-29-20(25)9-10-24-22(27)17-5-3-4-6-18(17)23(24)28/h7-8,11-12,17-18H,2-6,9-10,13H2,1H3/t17-,18+. The van der Waals surface area contributed by atoms with Crippen molar-refractivity contribution in [3.8, 4) is 0 Å². The van der Waals surface area contributed by atoms with Crippen LogP contribution in [0.2, 0.25) is 0 Å². The molecule has 0 spiro atoms. The molecule has 2 amide bonds. The highest BCUT2D eigenvalue weighted by atomic mass is 16.5. The topological polar surface area (TPSA) is 93.9 Å². The summed E-state index contributed by atoms with van der Waals surface area (Å²) >= 11 is 0. The van der Waals surface area contributed by atoms with Gasteiger partial charge in [0.15, 0.2) is 0 Å². The van der Waals surface area contributed by atoms with E-state index >= 15 is 0 Å². The molecular formula is C23H25NO6. The summed E-state index contributed by atoms with van der Waals surface area (Å²) in [6.45, 7) is 1.98. The molecule has 2 aliphatic rings. The number of carbonyl (C=O) groups excluding carboxylic acids is 3. The number of aryl methyl sites for hydroxylation is 1. The van der Waals surface area contributed by atoms with Gasteiger partial charge in [0.05, 0.1) is 18.3 Å². The second kappa shape index (κ2) is 8.42. The highest BCUT2D eigenvalue weighted by molar-refractivity contribution is 6.05. The van der Waals surface area contributed by atoms with Crippen molar-refractivity contribution in [3.05, 3.63) is 45.8 Å². The first kappa shape index (κ1) is 20.3. The van der Waals surface area contributed by atoms with Crippen LogP contribution in [-0.4, -0.2) is 29.2 Å². The first-order chi connectivity index (χ1) is 14.5. The number of benzene rings is 1. The van der Waals surface area contributed by atoms with Crippen molar-refractivity contribution in [2.45, 2.75) is 52.1 Å². The number of fused-ring (bicyclic) bond motifs is 2. The molecule has 0 unspecified atom stereocenters. The number of carbonyl (C=O) groups is 3. The predicted octanol–water partition coefficient (Wildman–Crippen LogP) is 2.96. The second-order valence-electron chi connectivity index (χ2n) is 8.01. The Morgan fingerprint density at radius 3 is 2.47 bits per heavy atom. The molecule has 1 saturated carbocycles. The quantitative estimate of drug-likeness (QED) is 0.412.